The fourth-order valence-electron chi connectivity index (χ4n) is 1.79. The van der Waals surface area contributed by atoms with E-state index < -0.39 is 0 Å². The number of phenols is 1. The number of aryl methyl sites for hydroxylation is 1. The Balaban J connectivity index is 2.16. The summed E-state index contributed by atoms with van der Waals surface area (Å²) in [5, 5.41) is 9.76. The molecule has 0 aliphatic rings. The van der Waals surface area contributed by atoms with Crippen molar-refractivity contribution in [1.82, 2.24) is 0 Å². The summed E-state index contributed by atoms with van der Waals surface area (Å²) in [5.74, 6) is 0.136. The van der Waals surface area contributed by atoms with Gasteiger partial charge in [0.2, 0.25) is 0 Å². The molecule has 1 N–H and O–H groups in total. The minimum atomic E-state index is 0.136. The molecule has 0 saturated heterocycles. The number of rotatable bonds is 3. The minimum absolute atomic E-state index is 0.136. The standard InChI is InChI=1S/C15H15ClO/c1-2-11-3-5-12(6-4-11)9-13-7-8-15(17)14(16)10-13/h3-8,10,17H,2,9H2,1H3. The number of hydrogen-bond donors (Lipinski definition) is 1. The third-order valence-electron chi connectivity index (χ3n) is 2.85. The first-order valence-corrected chi connectivity index (χ1v) is 6.12. The number of phenolic OH excluding ortho intramolecular Hbond substituents is 1. The van der Waals surface area contributed by atoms with Gasteiger partial charge in [-0.25, -0.2) is 0 Å². The fraction of sp³-hybridized carbons (Fsp3) is 0.200. The van der Waals surface area contributed by atoms with Crippen LogP contribution < -0.4 is 0 Å². The van der Waals surface area contributed by atoms with Crippen LogP contribution in [-0.4, -0.2) is 5.11 Å². The lowest BCUT2D eigenvalue weighted by atomic mass is 10.0. The molecule has 0 aliphatic carbocycles. The van der Waals surface area contributed by atoms with E-state index in [0.717, 1.165) is 18.4 Å². The van der Waals surface area contributed by atoms with Crippen molar-refractivity contribution < 1.29 is 5.11 Å². The largest absolute Gasteiger partial charge is 0.506 e. The summed E-state index contributed by atoms with van der Waals surface area (Å²) in [6, 6.07) is 13.9. The van der Waals surface area contributed by atoms with E-state index in [0.29, 0.717) is 5.02 Å². The molecule has 0 heterocycles. The summed E-state index contributed by atoms with van der Waals surface area (Å²) < 4.78 is 0. The van der Waals surface area contributed by atoms with Crippen molar-refractivity contribution in [2.45, 2.75) is 19.8 Å². The maximum Gasteiger partial charge on any atom is 0.134 e. The second-order valence-corrected chi connectivity index (χ2v) is 4.54. The van der Waals surface area contributed by atoms with Crippen LogP contribution >= 0.6 is 11.6 Å². The highest BCUT2D eigenvalue weighted by molar-refractivity contribution is 6.32. The van der Waals surface area contributed by atoms with Crippen LogP contribution in [0.5, 0.6) is 5.75 Å². The Morgan fingerprint density at radius 3 is 2.12 bits per heavy atom. The van der Waals surface area contributed by atoms with Crippen LogP contribution in [0.3, 0.4) is 0 Å². The zero-order valence-corrected chi connectivity index (χ0v) is 10.5. The Morgan fingerprint density at radius 2 is 1.53 bits per heavy atom. The van der Waals surface area contributed by atoms with Crippen molar-refractivity contribution in [1.29, 1.82) is 0 Å². The zero-order chi connectivity index (χ0) is 12.3. The number of hydrogen-bond acceptors (Lipinski definition) is 1. The van der Waals surface area contributed by atoms with Gasteiger partial charge in [-0.05, 0) is 41.7 Å². The van der Waals surface area contributed by atoms with Crippen molar-refractivity contribution in [3.63, 3.8) is 0 Å². The van der Waals surface area contributed by atoms with E-state index >= 15 is 0 Å². The molecule has 17 heavy (non-hydrogen) atoms. The molecule has 0 fully saturated rings. The van der Waals surface area contributed by atoms with Gasteiger partial charge in [-0.3, -0.25) is 0 Å². The predicted octanol–water partition coefficient (Wildman–Crippen LogP) is 4.20. The van der Waals surface area contributed by atoms with Crippen molar-refractivity contribution in [2.75, 3.05) is 0 Å². The molecule has 2 heteroatoms. The lowest BCUT2D eigenvalue weighted by Gasteiger charge is -2.05. The quantitative estimate of drug-likeness (QED) is 0.861. The molecule has 88 valence electrons. The zero-order valence-electron chi connectivity index (χ0n) is 9.78. The van der Waals surface area contributed by atoms with Crippen molar-refractivity contribution in [3.05, 3.63) is 64.2 Å². The molecule has 0 amide bonds. The lowest BCUT2D eigenvalue weighted by molar-refractivity contribution is 0.475. The van der Waals surface area contributed by atoms with E-state index in [1.807, 2.05) is 12.1 Å². The Bertz CT molecular complexity index is 503. The predicted molar refractivity (Wildman–Crippen MR) is 71.7 cm³/mol. The van der Waals surface area contributed by atoms with Gasteiger partial charge in [0.15, 0.2) is 0 Å². The molecule has 0 atom stereocenters. The van der Waals surface area contributed by atoms with E-state index in [2.05, 4.69) is 31.2 Å². The summed E-state index contributed by atoms with van der Waals surface area (Å²) in [4.78, 5) is 0. The topological polar surface area (TPSA) is 20.2 Å². The van der Waals surface area contributed by atoms with E-state index in [9.17, 15) is 5.11 Å². The van der Waals surface area contributed by atoms with E-state index in [1.54, 1.807) is 6.07 Å². The molecule has 0 saturated carbocycles. The first-order chi connectivity index (χ1) is 8.19. The molecule has 0 radical (unpaired) electrons. The summed E-state index contributed by atoms with van der Waals surface area (Å²) in [6.45, 7) is 2.15. The first-order valence-electron chi connectivity index (χ1n) is 5.74. The van der Waals surface area contributed by atoms with Gasteiger partial charge >= 0.3 is 0 Å². The van der Waals surface area contributed by atoms with Crippen LogP contribution in [0.1, 0.15) is 23.6 Å². The normalized spacial score (nSPS) is 10.5. The third-order valence-corrected chi connectivity index (χ3v) is 3.15. The smallest absolute Gasteiger partial charge is 0.134 e. The molecule has 0 aliphatic heterocycles. The van der Waals surface area contributed by atoms with Gasteiger partial charge in [0.05, 0.1) is 5.02 Å². The van der Waals surface area contributed by atoms with E-state index in [-0.39, 0.29) is 5.75 Å². The maximum absolute atomic E-state index is 9.35. The van der Waals surface area contributed by atoms with Crippen LogP contribution in [-0.2, 0) is 12.8 Å². The minimum Gasteiger partial charge on any atom is -0.506 e. The summed E-state index contributed by atoms with van der Waals surface area (Å²) >= 11 is 5.88. The van der Waals surface area contributed by atoms with Crippen LogP contribution in [0.25, 0.3) is 0 Å². The van der Waals surface area contributed by atoms with E-state index in [4.69, 9.17) is 11.6 Å². The number of aromatic hydroxyl groups is 1. The van der Waals surface area contributed by atoms with E-state index in [1.165, 1.54) is 11.1 Å². The van der Waals surface area contributed by atoms with Crippen molar-refractivity contribution in [2.24, 2.45) is 0 Å². The molecule has 0 bridgehead atoms. The second kappa shape index (κ2) is 5.24. The highest BCUT2D eigenvalue weighted by atomic mass is 35.5. The molecule has 2 rings (SSSR count). The molecule has 0 spiro atoms. The molecule has 2 aromatic carbocycles. The van der Waals surface area contributed by atoms with Gasteiger partial charge in [0.25, 0.3) is 0 Å². The van der Waals surface area contributed by atoms with Gasteiger partial charge in [0.1, 0.15) is 5.75 Å². The molecular weight excluding hydrogens is 232 g/mol. The van der Waals surface area contributed by atoms with Gasteiger partial charge in [-0.15, -0.1) is 0 Å². The number of benzene rings is 2. The highest BCUT2D eigenvalue weighted by Crippen LogP contribution is 2.24. The SMILES string of the molecule is CCc1ccc(Cc2ccc(O)c(Cl)c2)cc1. The Kier molecular flexibility index (Phi) is 3.70. The fourth-order valence-corrected chi connectivity index (χ4v) is 1.99. The van der Waals surface area contributed by atoms with Gasteiger partial charge in [-0.1, -0.05) is 48.9 Å². The Morgan fingerprint density at radius 1 is 0.941 bits per heavy atom. The monoisotopic (exact) mass is 246 g/mol. The van der Waals surface area contributed by atoms with Gasteiger partial charge in [-0.2, -0.15) is 0 Å². The average molecular weight is 247 g/mol. The summed E-state index contributed by atoms with van der Waals surface area (Å²) in [6.07, 6.45) is 1.90. The van der Waals surface area contributed by atoms with Crippen LogP contribution in [0, 0.1) is 0 Å². The number of halogens is 1. The first kappa shape index (κ1) is 12.0. The highest BCUT2D eigenvalue weighted by Gasteiger charge is 2.01. The molecule has 2 aromatic rings. The Hall–Kier alpha value is -1.47. The van der Waals surface area contributed by atoms with Crippen LogP contribution in [0.4, 0.5) is 0 Å². The van der Waals surface area contributed by atoms with Gasteiger partial charge < -0.3 is 5.11 Å². The van der Waals surface area contributed by atoms with Crippen molar-refractivity contribution >= 4 is 11.6 Å². The molecule has 1 nitrogen and oxygen atoms in total. The summed E-state index contributed by atoms with van der Waals surface area (Å²) in [7, 11) is 0. The van der Waals surface area contributed by atoms with Gasteiger partial charge in [0, 0.05) is 0 Å². The second-order valence-electron chi connectivity index (χ2n) is 4.13. The lowest BCUT2D eigenvalue weighted by Crippen LogP contribution is -1.89. The Labute approximate surface area is 107 Å². The third kappa shape index (κ3) is 3.01. The molecule has 0 unspecified atom stereocenters. The maximum atomic E-state index is 9.35. The van der Waals surface area contributed by atoms with Crippen LogP contribution in [0.15, 0.2) is 42.5 Å². The molecule has 0 aromatic heterocycles. The average Bonchev–Trinajstić information content (AvgIpc) is 2.35. The summed E-state index contributed by atoms with van der Waals surface area (Å²) in [5.41, 5.74) is 3.71. The molecular formula is C15H15ClO. The van der Waals surface area contributed by atoms with Crippen molar-refractivity contribution in [3.8, 4) is 5.75 Å². The van der Waals surface area contributed by atoms with Crippen LogP contribution in [0.2, 0.25) is 5.02 Å².